The van der Waals surface area contributed by atoms with Crippen LogP contribution in [0.5, 0.6) is 0 Å². The van der Waals surface area contributed by atoms with E-state index in [0.29, 0.717) is 11.5 Å². The third kappa shape index (κ3) is 1.76. The lowest BCUT2D eigenvalue weighted by Crippen LogP contribution is -2.56. The Kier molecular flexibility index (Phi) is 1.99. The van der Waals surface area contributed by atoms with E-state index in [9.17, 15) is 8.42 Å². The number of sulfone groups is 1. The van der Waals surface area contributed by atoms with Crippen molar-refractivity contribution in [2.75, 3.05) is 11.5 Å². The first-order valence-electron chi connectivity index (χ1n) is 5.11. The summed E-state index contributed by atoms with van der Waals surface area (Å²) in [5.74, 6) is 2.54. The predicted octanol–water partition coefficient (Wildman–Crippen LogP) is 1.86. The Morgan fingerprint density at radius 3 is 2.23 bits per heavy atom. The molecule has 76 valence electrons. The van der Waals surface area contributed by atoms with Crippen LogP contribution in [0.1, 0.15) is 33.1 Å². The molecule has 0 aromatic heterocycles. The molecule has 0 unspecified atom stereocenters. The second-order valence-corrected chi connectivity index (χ2v) is 7.50. The summed E-state index contributed by atoms with van der Waals surface area (Å²) in [5, 5.41) is 0. The van der Waals surface area contributed by atoms with Crippen molar-refractivity contribution in [1.29, 1.82) is 0 Å². The Morgan fingerprint density at radius 2 is 1.85 bits per heavy atom. The molecule has 0 aromatic carbocycles. The quantitative estimate of drug-likeness (QED) is 0.685. The molecule has 2 fully saturated rings. The summed E-state index contributed by atoms with van der Waals surface area (Å²) in [6.45, 7) is 4.48. The smallest absolute Gasteiger partial charge is 0.151 e. The Labute approximate surface area is 80.6 Å². The third-order valence-electron chi connectivity index (χ3n) is 3.30. The monoisotopic (exact) mass is 202 g/mol. The van der Waals surface area contributed by atoms with Crippen LogP contribution in [-0.4, -0.2) is 19.9 Å². The summed E-state index contributed by atoms with van der Waals surface area (Å²) in [6, 6.07) is 0. The summed E-state index contributed by atoms with van der Waals surface area (Å²) in [7, 11) is -2.60. The molecule has 0 amide bonds. The highest BCUT2D eigenvalue weighted by atomic mass is 32.2. The maximum atomic E-state index is 11.0. The average molecular weight is 202 g/mol. The van der Waals surface area contributed by atoms with Gasteiger partial charge in [0.1, 0.15) is 0 Å². The van der Waals surface area contributed by atoms with Crippen molar-refractivity contribution in [1.82, 2.24) is 0 Å². The van der Waals surface area contributed by atoms with Crippen molar-refractivity contribution in [3.8, 4) is 0 Å². The zero-order chi connectivity index (χ0) is 9.69. The van der Waals surface area contributed by atoms with Gasteiger partial charge in [-0.1, -0.05) is 13.8 Å². The summed E-state index contributed by atoms with van der Waals surface area (Å²) >= 11 is 0. The van der Waals surface area contributed by atoms with E-state index in [2.05, 4.69) is 13.8 Å². The first-order chi connectivity index (χ1) is 5.91. The molecule has 0 atom stereocenters. The Hall–Kier alpha value is -0.0500. The average Bonchev–Trinajstić information content (AvgIpc) is 1.77. The molecule has 1 heterocycles. The molecule has 2 aliphatic rings. The van der Waals surface area contributed by atoms with Crippen LogP contribution >= 0.6 is 0 Å². The molecular weight excluding hydrogens is 184 g/mol. The fraction of sp³-hybridized carbons (Fsp3) is 1.00. The molecule has 0 N–H and O–H groups in total. The molecule has 2 rings (SSSR count). The van der Waals surface area contributed by atoms with Crippen LogP contribution in [0.2, 0.25) is 0 Å². The molecule has 1 aliphatic carbocycles. The van der Waals surface area contributed by atoms with Crippen LogP contribution in [-0.2, 0) is 9.84 Å². The fourth-order valence-electron chi connectivity index (χ4n) is 3.12. The van der Waals surface area contributed by atoms with E-state index in [1.165, 1.54) is 19.3 Å². The molecule has 0 radical (unpaired) electrons. The molecule has 1 spiro atoms. The largest absolute Gasteiger partial charge is 0.229 e. The molecular formula is C10H18O2S. The normalized spacial score (nSPS) is 30.1. The van der Waals surface area contributed by atoms with Crippen molar-refractivity contribution >= 4 is 9.84 Å². The van der Waals surface area contributed by atoms with Crippen molar-refractivity contribution in [2.24, 2.45) is 17.3 Å². The molecule has 13 heavy (non-hydrogen) atoms. The Balaban J connectivity index is 1.80. The lowest BCUT2D eigenvalue weighted by atomic mass is 9.61. The highest BCUT2D eigenvalue weighted by molar-refractivity contribution is 7.92. The van der Waals surface area contributed by atoms with E-state index < -0.39 is 9.84 Å². The van der Waals surface area contributed by atoms with Crippen molar-refractivity contribution in [2.45, 2.75) is 33.1 Å². The molecule has 0 aromatic rings. The van der Waals surface area contributed by atoms with Gasteiger partial charge >= 0.3 is 0 Å². The van der Waals surface area contributed by atoms with E-state index in [0.717, 1.165) is 11.8 Å². The molecule has 2 nitrogen and oxygen atoms in total. The molecule has 1 saturated heterocycles. The minimum atomic E-state index is -2.60. The van der Waals surface area contributed by atoms with E-state index >= 15 is 0 Å². The van der Waals surface area contributed by atoms with Gasteiger partial charge in [0.05, 0.1) is 11.5 Å². The summed E-state index contributed by atoms with van der Waals surface area (Å²) in [5.41, 5.74) is 0.248. The van der Waals surface area contributed by atoms with Gasteiger partial charge in [0.25, 0.3) is 0 Å². The Bertz CT molecular complexity index is 283. The molecule has 1 aliphatic heterocycles. The number of hydrogen-bond donors (Lipinski definition) is 0. The summed E-state index contributed by atoms with van der Waals surface area (Å²) in [6.07, 6.45) is 3.62. The zero-order valence-corrected chi connectivity index (χ0v) is 9.23. The van der Waals surface area contributed by atoms with Crippen LogP contribution < -0.4 is 0 Å². The van der Waals surface area contributed by atoms with Crippen LogP contribution in [0.4, 0.5) is 0 Å². The van der Waals surface area contributed by atoms with Gasteiger partial charge in [-0.2, -0.15) is 0 Å². The second-order valence-electron chi connectivity index (χ2n) is 5.44. The van der Waals surface area contributed by atoms with E-state index in [1.807, 2.05) is 0 Å². The van der Waals surface area contributed by atoms with Gasteiger partial charge in [-0.15, -0.1) is 0 Å². The van der Waals surface area contributed by atoms with Crippen LogP contribution in [0.15, 0.2) is 0 Å². The van der Waals surface area contributed by atoms with Crippen LogP contribution in [0.3, 0.4) is 0 Å². The van der Waals surface area contributed by atoms with Crippen molar-refractivity contribution in [3.63, 3.8) is 0 Å². The summed E-state index contributed by atoms with van der Waals surface area (Å²) in [4.78, 5) is 0. The van der Waals surface area contributed by atoms with Gasteiger partial charge in [-0.3, -0.25) is 0 Å². The lowest BCUT2D eigenvalue weighted by Gasteiger charge is -2.53. The second kappa shape index (κ2) is 2.72. The van der Waals surface area contributed by atoms with E-state index in [-0.39, 0.29) is 5.41 Å². The standard InChI is InChI=1S/C10H18O2S/c1-8(2)3-9-4-10(5-9)6-13(11,12)7-10/h8-9H,3-7H2,1-2H3. The van der Waals surface area contributed by atoms with Gasteiger partial charge < -0.3 is 0 Å². The number of rotatable bonds is 2. The number of hydrogen-bond acceptors (Lipinski definition) is 2. The zero-order valence-electron chi connectivity index (χ0n) is 8.41. The van der Waals surface area contributed by atoms with Crippen molar-refractivity contribution in [3.05, 3.63) is 0 Å². The molecule has 1 saturated carbocycles. The third-order valence-corrected chi connectivity index (χ3v) is 5.40. The van der Waals surface area contributed by atoms with E-state index in [4.69, 9.17) is 0 Å². The first kappa shape index (κ1) is 9.50. The van der Waals surface area contributed by atoms with Gasteiger partial charge in [0.2, 0.25) is 0 Å². The van der Waals surface area contributed by atoms with Gasteiger partial charge in [0, 0.05) is 0 Å². The minimum absolute atomic E-state index is 0.248. The lowest BCUT2D eigenvalue weighted by molar-refractivity contribution is 0.0712. The predicted molar refractivity (Wildman–Crippen MR) is 53.3 cm³/mol. The van der Waals surface area contributed by atoms with Gasteiger partial charge in [0.15, 0.2) is 9.84 Å². The van der Waals surface area contributed by atoms with Crippen LogP contribution in [0, 0.1) is 17.3 Å². The molecule has 0 bridgehead atoms. The molecule has 3 heteroatoms. The first-order valence-corrected chi connectivity index (χ1v) is 6.93. The maximum Gasteiger partial charge on any atom is 0.151 e. The minimum Gasteiger partial charge on any atom is -0.229 e. The highest BCUT2D eigenvalue weighted by Gasteiger charge is 2.55. The van der Waals surface area contributed by atoms with Crippen LogP contribution in [0.25, 0.3) is 0 Å². The maximum absolute atomic E-state index is 11.0. The SMILES string of the molecule is CC(C)CC1CC2(C1)CS(=O)(=O)C2. The summed E-state index contributed by atoms with van der Waals surface area (Å²) < 4.78 is 22.0. The Morgan fingerprint density at radius 1 is 1.31 bits per heavy atom. The van der Waals surface area contributed by atoms with E-state index in [1.54, 1.807) is 0 Å². The topological polar surface area (TPSA) is 34.1 Å². The van der Waals surface area contributed by atoms with Gasteiger partial charge in [-0.25, -0.2) is 8.42 Å². The van der Waals surface area contributed by atoms with Gasteiger partial charge in [-0.05, 0) is 36.5 Å². The fourth-order valence-corrected chi connectivity index (χ4v) is 5.38. The van der Waals surface area contributed by atoms with Crippen molar-refractivity contribution < 1.29 is 8.42 Å². The highest BCUT2D eigenvalue weighted by Crippen LogP contribution is 2.54.